The fourth-order valence-electron chi connectivity index (χ4n) is 0.375. The Hall–Kier alpha value is -0.540. The Bertz CT molecular complexity index is 166. The van der Waals surface area contributed by atoms with E-state index in [1.165, 1.54) is 6.08 Å². The third kappa shape index (κ3) is 4.36. The van der Waals surface area contributed by atoms with Crippen LogP contribution in [0, 0.1) is 0 Å². The van der Waals surface area contributed by atoms with Gasteiger partial charge in [0.05, 0.1) is 0 Å². The number of carbonyl (C=O) groups is 1. The van der Waals surface area contributed by atoms with Crippen molar-refractivity contribution >= 4 is 5.97 Å². The first kappa shape index (κ1) is 14.0. The molecule has 0 aromatic carbocycles. The minimum Gasteiger partial charge on any atom is -1.00 e. The van der Waals surface area contributed by atoms with Gasteiger partial charge in [-0.15, -0.1) is 4.65 Å². The fourth-order valence-corrected chi connectivity index (χ4v) is 0.375. The van der Waals surface area contributed by atoms with E-state index in [1.807, 2.05) is 27.9 Å². The summed E-state index contributed by atoms with van der Waals surface area (Å²) in [7, 11) is 3.65. The second-order valence-corrected chi connectivity index (χ2v) is 3.14. The molecule has 0 fully saturated rings. The molecule has 0 aromatic heterocycles. The van der Waals surface area contributed by atoms with E-state index in [0.717, 1.165) is 0 Å². The summed E-state index contributed by atoms with van der Waals surface area (Å²) >= 11 is 0. The average molecular weight is 194 g/mol. The lowest BCUT2D eigenvalue weighted by Crippen LogP contribution is -3.00. The molecule has 0 saturated carbocycles. The molecule has 12 heavy (non-hydrogen) atoms. The summed E-state index contributed by atoms with van der Waals surface area (Å²) in [5.41, 5.74) is 0. The van der Waals surface area contributed by atoms with Gasteiger partial charge in [-0.3, -0.25) is 4.84 Å². The van der Waals surface area contributed by atoms with E-state index < -0.39 is 0 Å². The number of hydroxylamine groups is 3. The zero-order chi connectivity index (χ0) is 9.07. The van der Waals surface area contributed by atoms with Crippen molar-refractivity contribution in [3.05, 3.63) is 12.7 Å². The van der Waals surface area contributed by atoms with E-state index in [0.29, 0.717) is 0 Å². The van der Waals surface area contributed by atoms with Crippen molar-refractivity contribution in [1.29, 1.82) is 0 Å². The normalized spacial score (nSPS) is 10.4. The molecule has 0 amide bonds. The molecule has 72 valence electrons. The minimum atomic E-state index is -0.385. The number of hydrogen-bond acceptors (Lipinski definition) is 2. The summed E-state index contributed by atoms with van der Waals surface area (Å²) in [6.45, 7) is 7.28. The number of rotatable bonds is 3. The molecule has 0 atom stereocenters. The first-order valence-electron chi connectivity index (χ1n) is 3.60. The van der Waals surface area contributed by atoms with Crippen LogP contribution in [0.1, 0.15) is 13.8 Å². The Kier molecular flexibility index (Phi) is 6.03. The van der Waals surface area contributed by atoms with Gasteiger partial charge in [-0.25, -0.2) is 4.79 Å². The Morgan fingerprint density at radius 2 is 1.92 bits per heavy atom. The molecule has 0 radical (unpaired) electrons. The largest absolute Gasteiger partial charge is 1.00 e. The van der Waals surface area contributed by atoms with Crippen molar-refractivity contribution < 1.29 is 26.7 Å². The summed E-state index contributed by atoms with van der Waals surface area (Å²) < 4.78 is 0.227. The van der Waals surface area contributed by atoms with Gasteiger partial charge in [-0.1, -0.05) is 6.58 Å². The van der Waals surface area contributed by atoms with E-state index in [9.17, 15) is 4.79 Å². The third-order valence-electron chi connectivity index (χ3n) is 1.74. The highest BCUT2D eigenvalue weighted by molar-refractivity contribution is 5.80. The summed E-state index contributed by atoms with van der Waals surface area (Å²) in [4.78, 5) is 15.8. The zero-order valence-corrected chi connectivity index (χ0v) is 8.76. The quantitative estimate of drug-likeness (QED) is 0.298. The Balaban J connectivity index is 0. The lowest BCUT2D eigenvalue weighted by molar-refractivity contribution is -1.08. The smallest absolute Gasteiger partial charge is 0.389 e. The molecule has 0 aliphatic carbocycles. The number of nitrogens with zero attached hydrogens (tertiary/aromatic N) is 1. The number of quaternary nitrogens is 1. The average Bonchev–Trinajstić information content (AvgIpc) is 1.86. The van der Waals surface area contributed by atoms with Gasteiger partial charge in [0.25, 0.3) is 0 Å². The summed E-state index contributed by atoms with van der Waals surface area (Å²) in [6, 6.07) is 0.249. The van der Waals surface area contributed by atoms with E-state index in [2.05, 4.69) is 6.58 Å². The minimum absolute atomic E-state index is 0. The van der Waals surface area contributed by atoms with Crippen molar-refractivity contribution in [2.45, 2.75) is 19.9 Å². The molecule has 0 bridgehead atoms. The van der Waals surface area contributed by atoms with Gasteiger partial charge in [0.15, 0.2) is 0 Å². The molecular weight excluding hydrogens is 178 g/mol. The Labute approximate surface area is 80.0 Å². The molecule has 0 aliphatic rings. The van der Waals surface area contributed by atoms with Crippen LogP contribution < -0.4 is 12.4 Å². The van der Waals surface area contributed by atoms with Crippen molar-refractivity contribution in [3.8, 4) is 0 Å². The van der Waals surface area contributed by atoms with Gasteiger partial charge < -0.3 is 12.4 Å². The van der Waals surface area contributed by atoms with Crippen LogP contribution in [0.25, 0.3) is 0 Å². The van der Waals surface area contributed by atoms with Crippen LogP contribution >= 0.6 is 0 Å². The molecule has 0 heterocycles. The molecule has 0 aromatic rings. The van der Waals surface area contributed by atoms with E-state index in [1.54, 1.807) is 0 Å². The lowest BCUT2D eigenvalue weighted by Gasteiger charge is -2.29. The molecule has 0 N–H and O–H groups in total. The predicted octanol–water partition coefficient (Wildman–Crippen LogP) is -1.88. The molecular formula is C8H16ClNO2. The highest BCUT2D eigenvalue weighted by Crippen LogP contribution is 2.06. The molecule has 0 spiro atoms. The topological polar surface area (TPSA) is 26.3 Å². The fraction of sp³-hybridized carbons (Fsp3) is 0.625. The van der Waals surface area contributed by atoms with Crippen LogP contribution in [0.4, 0.5) is 0 Å². The summed E-state index contributed by atoms with van der Waals surface area (Å²) in [5.74, 6) is -0.385. The SMILES string of the molecule is C=CC(=O)O[N+](C)(C)C(C)C.[Cl-]. The lowest BCUT2D eigenvalue weighted by atomic mass is 10.4. The van der Waals surface area contributed by atoms with Crippen LogP contribution in [0.3, 0.4) is 0 Å². The maximum atomic E-state index is 10.8. The first-order valence-corrected chi connectivity index (χ1v) is 3.60. The van der Waals surface area contributed by atoms with Crippen LogP contribution in [-0.2, 0) is 9.63 Å². The molecule has 0 unspecified atom stereocenters. The van der Waals surface area contributed by atoms with Gasteiger partial charge in [-0.05, 0) is 13.8 Å². The molecule has 0 saturated heterocycles. The van der Waals surface area contributed by atoms with Gasteiger partial charge in [0.2, 0.25) is 0 Å². The maximum absolute atomic E-state index is 10.8. The van der Waals surface area contributed by atoms with Gasteiger partial charge >= 0.3 is 5.97 Å². The maximum Gasteiger partial charge on any atom is 0.389 e. The van der Waals surface area contributed by atoms with E-state index in [-0.39, 0.29) is 29.1 Å². The zero-order valence-electron chi connectivity index (χ0n) is 8.00. The second-order valence-electron chi connectivity index (χ2n) is 3.14. The summed E-state index contributed by atoms with van der Waals surface area (Å²) in [5, 5.41) is 0. The molecule has 0 aliphatic heterocycles. The predicted molar refractivity (Wildman–Crippen MR) is 43.5 cm³/mol. The van der Waals surface area contributed by atoms with Crippen LogP contribution in [0.2, 0.25) is 0 Å². The summed E-state index contributed by atoms with van der Waals surface area (Å²) in [6.07, 6.45) is 1.17. The van der Waals surface area contributed by atoms with Crippen LogP contribution in [0.5, 0.6) is 0 Å². The monoisotopic (exact) mass is 193 g/mol. The highest BCUT2D eigenvalue weighted by Gasteiger charge is 2.24. The van der Waals surface area contributed by atoms with Gasteiger partial charge in [0, 0.05) is 6.08 Å². The number of hydrogen-bond donors (Lipinski definition) is 0. The number of halogens is 1. The van der Waals surface area contributed by atoms with E-state index in [4.69, 9.17) is 4.84 Å². The van der Waals surface area contributed by atoms with Crippen molar-refractivity contribution in [2.75, 3.05) is 14.1 Å². The van der Waals surface area contributed by atoms with Crippen LogP contribution in [0.15, 0.2) is 12.7 Å². The van der Waals surface area contributed by atoms with Crippen molar-refractivity contribution in [1.82, 2.24) is 0 Å². The highest BCUT2D eigenvalue weighted by atomic mass is 35.5. The third-order valence-corrected chi connectivity index (χ3v) is 1.74. The first-order chi connectivity index (χ1) is 4.90. The molecule has 0 rings (SSSR count). The van der Waals surface area contributed by atoms with Crippen molar-refractivity contribution in [2.24, 2.45) is 0 Å². The Morgan fingerprint density at radius 1 is 1.50 bits per heavy atom. The number of carbonyl (C=O) groups excluding carboxylic acids is 1. The van der Waals surface area contributed by atoms with Gasteiger partial charge in [-0.2, -0.15) is 0 Å². The molecule has 3 nitrogen and oxygen atoms in total. The van der Waals surface area contributed by atoms with Crippen LogP contribution in [-0.4, -0.2) is 30.8 Å². The standard InChI is InChI=1S/C8H16NO2.ClH/c1-6-8(10)11-9(4,5)7(2)3;/h6-7H,1H2,2-5H3;1H/q+1;/p-1. The Morgan fingerprint density at radius 3 is 2.17 bits per heavy atom. The second kappa shape index (κ2) is 5.17. The van der Waals surface area contributed by atoms with Gasteiger partial charge in [0.1, 0.15) is 20.1 Å². The molecule has 4 heteroatoms. The van der Waals surface area contributed by atoms with Crippen molar-refractivity contribution in [3.63, 3.8) is 0 Å². The van der Waals surface area contributed by atoms with E-state index >= 15 is 0 Å².